The van der Waals surface area contributed by atoms with Gasteiger partial charge in [-0.05, 0) is 37.5 Å². The lowest BCUT2D eigenvalue weighted by Crippen LogP contribution is -2.11. The normalized spacial score (nSPS) is 23.9. The highest BCUT2D eigenvalue weighted by molar-refractivity contribution is 5.80. The summed E-state index contributed by atoms with van der Waals surface area (Å²) < 4.78 is 7.94. The zero-order chi connectivity index (χ0) is 12.1. The van der Waals surface area contributed by atoms with Crippen molar-refractivity contribution in [3.8, 4) is 0 Å². The van der Waals surface area contributed by atoms with Gasteiger partial charge in [0, 0.05) is 18.2 Å². The number of hydrogen-bond donors (Lipinski definition) is 1. The fourth-order valence-electron chi connectivity index (χ4n) is 2.87. The molecule has 1 saturated heterocycles. The van der Waals surface area contributed by atoms with Gasteiger partial charge in [0.05, 0.1) is 23.7 Å². The third-order valence-corrected chi connectivity index (χ3v) is 3.95. The molecule has 4 rings (SSSR count). The van der Waals surface area contributed by atoms with Crippen LogP contribution in [0.1, 0.15) is 37.0 Å². The van der Waals surface area contributed by atoms with Gasteiger partial charge in [0.2, 0.25) is 0 Å². The summed E-state index contributed by atoms with van der Waals surface area (Å²) in [6, 6.07) is 6.50. The van der Waals surface area contributed by atoms with Gasteiger partial charge in [0.15, 0.2) is 0 Å². The van der Waals surface area contributed by atoms with Crippen molar-refractivity contribution in [2.45, 2.75) is 31.2 Å². The molecular formula is C14H17N3O. The summed E-state index contributed by atoms with van der Waals surface area (Å²) in [5.74, 6) is 1.89. The number of anilines is 1. The number of nitrogen functional groups attached to an aromatic ring is 1. The Morgan fingerprint density at radius 3 is 2.89 bits per heavy atom. The van der Waals surface area contributed by atoms with Gasteiger partial charge in [-0.15, -0.1) is 0 Å². The molecule has 2 aliphatic rings. The van der Waals surface area contributed by atoms with E-state index >= 15 is 0 Å². The van der Waals surface area contributed by atoms with Gasteiger partial charge in [0.25, 0.3) is 0 Å². The van der Waals surface area contributed by atoms with E-state index in [2.05, 4.69) is 10.6 Å². The van der Waals surface area contributed by atoms with Crippen LogP contribution in [0, 0.1) is 0 Å². The molecule has 2 fully saturated rings. The number of nitrogens with zero attached hydrogens (tertiary/aromatic N) is 2. The second-order valence-corrected chi connectivity index (χ2v) is 5.38. The average Bonchev–Trinajstić information content (AvgIpc) is 2.94. The lowest BCUT2D eigenvalue weighted by molar-refractivity contribution is 0.186. The molecule has 1 aromatic carbocycles. The predicted octanol–water partition coefficient (Wildman–Crippen LogP) is 2.46. The summed E-state index contributed by atoms with van der Waals surface area (Å²) in [5.41, 5.74) is 8.88. The first-order valence-corrected chi connectivity index (χ1v) is 6.68. The zero-order valence-electron chi connectivity index (χ0n) is 10.3. The molecule has 4 heteroatoms. The molecule has 0 bridgehead atoms. The van der Waals surface area contributed by atoms with Gasteiger partial charge in [-0.1, -0.05) is 0 Å². The standard InChI is InChI=1S/C14H17N3O/c15-10-3-4-13-12(7-10)16-14(9-1-2-9)17(13)11-5-6-18-8-11/h3-4,7,9,11H,1-2,5-6,8,15H2. The Hall–Kier alpha value is -1.55. The van der Waals surface area contributed by atoms with Gasteiger partial charge in [-0.2, -0.15) is 0 Å². The topological polar surface area (TPSA) is 53.1 Å². The minimum atomic E-state index is 0.453. The number of imidazole rings is 1. The van der Waals surface area contributed by atoms with Crippen LogP contribution in [-0.4, -0.2) is 22.8 Å². The maximum Gasteiger partial charge on any atom is 0.113 e. The number of rotatable bonds is 2. The minimum Gasteiger partial charge on any atom is -0.399 e. The summed E-state index contributed by atoms with van der Waals surface area (Å²) in [6.45, 7) is 1.68. The van der Waals surface area contributed by atoms with E-state index in [0.29, 0.717) is 12.0 Å². The van der Waals surface area contributed by atoms with Crippen LogP contribution in [0.2, 0.25) is 0 Å². The maximum atomic E-state index is 5.85. The smallest absolute Gasteiger partial charge is 0.113 e. The molecule has 1 atom stereocenters. The lowest BCUT2D eigenvalue weighted by Gasteiger charge is -2.14. The molecule has 18 heavy (non-hydrogen) atoms. The molecule has 0 amide bonds. The molecule has 94 valence electrons. The number of benzene rings is 1. The third-order valence-electron chi connectivity index (χ3n) is 3.95. The number of ether oxygens (including phenoxy) is 1. The molecule has 0 radical (unpaired) electrons. The van der Waals surface area contributed by atoms with Crippen molar-refractivity contribution in [1.82, 2.24) is 9.55 Å². The Morgan fingerprint density at radius 1 is 1.28 bits per heavy atom. The van der Waals surface area contributed by atoms with Crippen molar-refractivity contribution in [1.29, 1.82) is 0 Å². The van der Waals surface area contributed by atoms with E-state index < -0.39 is 0 Å². The Balaban J connectivity index is 1.92. The first kappa shape index (κ1) is 10.4. The van der Waals surface area contributed by atoms with E-state index in [9.17, 15) is 0 Å². The first-order chi connectivity index (χ1) is 8.83. The highest BCUT2D eigenvalue weighted by atomic mass is 16.5. The van der Waals surface area contributed by atoms with Gasteiger partial charge in [-0.3, -0.25) is 0 Å². The van der Waals surface area contributed by atoms with E-state index in [-0.39, 0.29) is 0 Å². The van der Waals surface area contributed by atoms with E-state index in [4.69, 9.17) is 15.5 Å². The SMILES string of the molecule is Nc1ccc2c(c1)nc(C1CC1)n2C1CCOC1. The monoisotopic (exact) mass is 243 g/mol. The summed E-state index contributed by atoms with van der Waals surface area (Å²) in [6.07, 6.45) is 3.63. The second-order valence-electron chi connectivity index (χ2n) is 5.38. The largest absolute Gasteiger partial charge is 0.399 e. The van der Waals surface area contributed by atoms with Crippen LogP contribution in [0.3, 0.4) is 0 Å². The fourth-order valence-corrected chi connectivity index (χ4v) is 2.87. The van der Waals surface area contributed by atoms with Crippen molar-refractivity contribution in [2.75, 3.05) is 18.9 Å². The predicted molar refractivity (Wildman–Crippen MR) is 70.6 cm³/mol. The Bertz CT molecular complexity index is 594. The van der Waals surface area contributed by atoms with Gasteiger partial charge < -0.3 is 15.0 Å². The number of fused-ring (bicyclic) bond motifs is 1. The fraction of sp³-hybridized carbons (Fsp3) is 0.500. The average molecular weight is 243 g/mol. The molecular weight excluding hydrogens is 226 g/mol. The lowest BCUT2D eigenvalue weighted by atomic mass is 10.2. The van der Waals surface area contributed by atoms with Crippen LogP contribution in [0.5, 0.6) is 0 Å². The van der Waals surface area contributed by atoms with E-state index in [0.717, 1.165) is 30.8 Å². The molecule has 1 aliphatic carbocycles. The van der Waals surface area contributed by atoms with Crippen LogP contribution in [0.15, 0.2) is 18.2 Å². The Labute approximate surface area is 106 Å². The maximum absolute atomic E-state index is 5.85. The first-order valence-electron chi connectivity index (χ1n) is 6.68. The van der Waals surface area contributed by atoms with Crippen LogP contribution in [-0.2, 0) is 4.74 Å². The molecule has 4 nitrogen and oxygen atoms in total. The third kappa shape index (κ3) is 1.52. The minimum absolute atomic E-state index is 0.453. The van der Waals surface area contributed by atoms with Crippen LogP contribution >= 0.6 is 0 Å². The van der Waals surface area contributed by atoms with E-state index in [1.165, 1.54) is 24.2 Å². The van der Waals surface area contributed by atoms with Gasteiger partial charge >= 0.3 is 0 Å². The van der Waals surface area contributed by atoms with Gasteiger partial charge in [-0.25, -0.2) is 4.98 Å². The van der Waals surface area contributed by atoms with Crippen molar-refractivity contribution < 1.29 is 4.74 Å². The van der Waals surface area contributed by atoms with Crippen molar-refractivity contribution in [3.05, 3.63) is 24.0 Å². The molecule has 1 saturated carbocycles. The number of aromatic nitrogens is 2. The zero-order valence-corrected chi connectivity index (χ0v) is 10.3. The highest BCUT2D eigenvalue weighted by Gasteiger charge is 2.32. The number of hydrogen-bond acceptors (Lipinski definition) is 3. The van der Waals surface area contributed by atoms with E-state index in [1.54, 1.807) is 0 Å². The summed E-state index contributed by atoms with van der Waals surface area (Å²) in [5, 5.41) is 0. The van der Waals surface area contributed by atoms with Crippen molar-refractivity contribution in [3.63, 3.8) is 0 Å². The van der Waals surface area contributed by atoms with Crippen LogP contribution in [0.4, 0.5) is 5.69 Å². The van der Waals surface area contributed by atoms with Crippen molar-refractivity contribution >= 4 is 16.7 Å². The molecule has 0 spiro atoms. The Morgan fingerprint density at radius 2 is 2.17 bits per heavy atom. The molecule has 1 unspecified atom stereocenters. The van der Waals surface area contributed by atoms with E-state index in [1.807, 2.05) is 12.1 Å². The summed E-state index contributed by atoms with van der Waals surface area (Å²) in [4.78, 5) is 4.81. The van der Waals surface area contributed by atoms with Gasteiger partial charge in [0.1, 0.15) is 5.82 Å². The van der Waals surface area contributed by atoms with Crippen LogP contribution < -0.4 is 5.73 Å². The molecule has 2 N–H and O–H groups in total. The molecule has 1 aromatic heterocycles. The quantitative estimate of drug-likeness (QED) is 0.824. The summed E-state index contributed by atoms with van der Waals surface area (Å²) >= 11 is 0. The summed E-state index contributed by atoms with van der Waals surface area (Å²) in [7, 11) is 0. The molecule has 1 aliphatic heterocycles. The van der Waals surface area contributed by atoms with Crippen molar-refractivity contribution in [2.24, 2.45) is 0 Å². The molecule has 2 heterocycles. The Kier molecular flexibility index (Phi) is 2.14. The van der Waals surface area contributed by atoms with Crippen LogP contribution in [0.25, 0.3) is 11.0 Å². The molecule has 2 aromatic rings. The highest BCUT2D eigenvalue weighted by Crippen LogP contribution is 2.42. The second kappa shape index (κ2) is 3.72. The number of nitrogens with two attached hydrogens (primary N) is 1.